The summed E-state index contributed by atoms with van der Waals surface area (Å²) in [5, 5.41) is 0. The molecule has 0 spiro atoms. The lowest BCUT2D eigenvalue weighted by atomic mass is 9.87. The van der Waals surface area contributed by atoms with Crippen molar-refractivity contribution < 1.29 is 0 Å². The first-order valence-corrected chi connectivity index (χ1v) is 6.17. The molecule has 0 heterocycles. The highest BCUT2D eigenvalue weighted by atomic mass is 127. The van der Waals surface area contributed by atoms with Gasteiger partial charge in [0.15, 0.2) is 0 Å². The first kappa shape index (κ1) is 16.0. The molecule has 0 saturated carbocycles. The van der Waals surface area contributed by atoms with Gasteiger partial charge >= 0.3 is 0 Å². The summed E-state index contributed by atoms with van der Waals surface area (Å²) >= 11 is 2.37. The number of hydrazine groups is 1. The number of nitrogen functional groups attached to an aromatic ring is 1. The smallest absolute Gasteiger partial charge is 0.0520 e. The molecule has 1 rings (SSSR count). The summed E-state index contributed by atoms with van der Waals surface area (Å²) < 4.78 is 1.30. The van der Waals surface area contributed by atoms with Crippen LogP contribution in [-0.4, -0.2) is 0 Å². The zero-order valence-corrected chi connectivity index (χ0v) is 13.2. The van der Waals surface area contributed by atoms with Crippen molar-refractivity contribution in [2.24, 2.45) is 11.3 Å². The number of nitrogens with one attached hydrogen (secondary N) is 1. The van der Waals surface area contributed by atoms with E-state index in [1.807, 2.05) is 0 Å². The molecule has 0 aromatic heterocycles. The fraction of sp³-hybridized carbons (Fsp3) is 0.500. The molecule has 2 nitrogen and oxygen atoms in total. The summed E-state index contributed by atoms with van der Waals surface area (Å²) in [6, 6.07) is 4.33. The molecule has 0 atom stereocenters. The molecule has 0 saturated heterocycles. The van der Waals surface area contributed by atoms with Crippen molar-refractivity contribution in [1.82, 2.24) is 0 Å². The number of nitrogens with two attached hydrogens (primary N) is 1. The van der Waals surface area contributed by atoms with E-state index in [0.29, 0.717) is 0 Å². The maximum Gasteiger partial charge on any atom is 0.0520 e. The van der Waals surface area contributed by atoms with Gasteiger partial charge in [-0.2, -0.15) is 0 Å². The molecule has 3 N–H and O–H groups in total. The quantitative estimate of drug-likeness (QED) is 0.480. The average Bonchev–Trinajstić information content (AvgIpc) is 2.08. The van der Waals surface area contributed by atoms with Gasteiger partial charge in [-0.1, -0.05) is 20.8 Å². The highest BCUT2D eigenvalue weighted by molar-refractivity contribution is 14.1. The Balaban J connectivity index is 0.00000225. The Hall–Kier alpha value is -0.0000000000000000555. The Bertz CT molecular complexity index is 359. The number of aryl methyl sites for hydroxylation is 1. The van der Waals surface area contributed by atoms with Gasteiger partial charge < -0.3 is 5.43 Å². The molecule has 0 aliphatic heterocycles. The molecule has 0 unspecified atom stereocenters. The maximum absolute atomic E-state index is 5.54. The van der Waals surface area contributed by atoms with Gasteiger partial charge in [-0.3, -0.25) is 5.84 Å². The van der Waals surface area contributed by atoms with E-state index >= 15 is 0 Å². The van der Waals surface area contributed by atoms with Crippen molar-refractivity contribution in [2.45, 2.75) is 34.1 Å². The summed E-state index contributed by atoms with van der Waals surface area (Å²) in [4.78, 5) is 0. The van der Waals surface area contributed by atoms with Crippen LogP contribution in [0.1, 0.15) is 31.9 Å². The van der Waals surface area contributed by atoms with Crippen LogP contribution >= 0.6 is 35.0 Å². The van der Waals surface area contributed by atoms with Gasteiger partial charge in [-0.25, -0.2) is 0 Å². The molecular weight excluding hydrogens is 335 g/mol. The van der Waals surface area contributed by atoms with Crippen molar-refractivity contribution >= 4 is 40.7 Å². The lowest BCUT2D eigenvalue weighted by Gasteiger charge is -2.21. The Labute approximate surface area is 118 Å². The molecule has 16 heavy (non-hydrogen) atoms. The van der Waals surface area contributed by atoms with Crippen LogP contribution in [0.3, 0.4) is 0 Å². The van der Waals surface area contributed by atoms with E-state index in [1.54, 1.807) is 0 Å². The standard InChI is InChI=1S/C12H19IN2.ClH/c1-8-5-11(15-14)9(6-10(8)13)7-12(2,3)4;/h5-6,15H,7,14H2,1-4H3;1H. The van der Waals surface area contributed by atoms with E-state index in [4.69, 9.17) is 5.84 Å². The topological polar surface area (TPSA) is 38.0 Å². The van der Waals surface area contributed by atoms with Gasteiger partial charge in [0.05, 0.1) is 5.69 Å². The number of halogens is 2. The highest BCUT2D eigenvalue weighted by Gasteiger charge is 2.14. The van der Waals surface area contributed by atoms with Gasteiger partial charge in [-0.05, 0) is 64.6 Å². The maximum atomic E-state index is 5.54. The lowest BCUT2D eigenvalue weighted by molar-refractivity contribution is 0.411. The van der Waals surface area contributed by atoms with Crippen LogP contribution in [0.5, 0.6) is 0 Å². The molecule has 0 amide bonds. The van der Waals surface area contributed by atoms with Crippen molar-refractivity contribution in [1.29, 1.82) is 0 Å². The minimum atomic E-state index is 0. The van der Waals surface area contributed by atoms with Crippen molar-refractivity contribution in [3.05, 3.63) is 26.8 Å². The predicted octanol–water partition coefficient (Wildman–Crippen LogP) is 3.90. The van der Waals surface area contributed by atoms with E-state index in [9.17, 15) is 0 Å². The Morgan fingerprint density at radius 2 is 1.88 bits per heavy atom. The molecule has 0 bridgehead atoms. The molecule has 1 aromatic carbocycles. The molecule has 1 aromatic rings. The summed E-state index contributed by atoms with van der Waals surface area (Å²) in [6.07, 6.45) is 1.03. The van der Waals surface area contributed by atoms with Gasteiger partial charge in [0.1, 0.15) is 0 Å². The molecular formula is C12H20ClIN2. The van der Waals surface area contributed by atoms with E-state index in [-0.39, 0.29) is 17.8 Å². The molecule has 0 fully saturated rings. The average molecular weight is 355 g/mol. The van der Waals surface area contributed by atoms with E-state index in [1.165, 1.54) is 14.7 Å². The fourth-order valence-corrected chi connectivity index (χ4v) is 2.11. The predicted molar refractivity (Wildman–Crippen MR) is 82.1 cm³/mol. The van der Waals surface area contributed by atoms with Crippen LogP contribution in [0.2, 0.25) is 0 Å². The Morgan fingerprint density at radius 3 is 2.31 bits per heavy atom. The summed E-state index contributed by atoms with van der Waals surface area (Å²) in [7, 11) is 0. The first-order chi connectivity index (χ1) is 6.83. The zero-order valence-electron chi connectivity index (χ0n) is 10.2. The van der Waals surface area contributed by atoms with E-state index in [0.717, 1.165) is 12.1 Å². The SMILES string of the molecule is Cc1cc(NN)c(CC(C)(C)C)cc1I.Cl. The number of anilines is 1. The van der Waals surface area contributed by atoms with Crippen LogP contribution in [0, 0.1) is 15.9 Å². The number of rotatable bonds is 2. The van der Waals surface area contributed by atoms with Crippen LogP contribution in [0.4, 0.5) is 5.69 Å². The Kier molecular flexibility index (Phi) is 6.07. The van der Waals surface area contributed by atoms with Gasteiger partial charge in [0, 0.05) is 3.57 Å². The molecule has 4 heteroatoms. The van der Waals surface area contributed by atoms with Gasteiger partial charge in [-0.15, -0.1) is 12.4 Å². The molecule has 92 valence electrons. The third-order valence-electron chi connectivity index (χ3n) is 2.26. The monoisotopic (exact) mass is 354 g/mol. The highest BCUT2D eigenvalue weighted by Crippen LogP contribution is 2.28. The Morgan fingerprint density at radius 1 is 1.31 bits per heavy atom. The number of hydrogen-bond donors (Lipinski definition) is 2. The van der Waals surface area contributed by atoms with Gasteiger partial charge in [0.2, 0.25) is 0 Å². The summed E-state index contributed by atoms with van der Waals surface area (Å²) in [5.74, 6) is 5.54. The fourth-order valence-electron chi connectivity index (χ4n) is 1.57. The minimum absolute atomic E-state index is 0. The van der Waals surface area contributed by atoms with E-state index < -0.39 is 0 Å². The normalized spacial score (nSPS) is 10.9. The van der Waals surface area contributed by atoms with E-state index in [2.05, 4.69) is 67.8 Å². The molecule has 0 aliphatic rings. The van der Waals surface area contributed by atoms with Crippen LogP contribution in [0.15, 0.2) is 12.1 Å². The second-order valence-electron chi connectivity index (χ2n) is 5.14. The second kappa shape index (κ2) is 6.07. The first-order valence-electron chi connectivity index (χ1n) is 5.09. The van der Waals surface area contributed by atoms with Crippen LogP contribution in [-0.2, 0) is 6.42 Å². The summed E-state index contributed by atoms with van der Waals surface area (Å²) in [6.45, 7) is 8.81. The summed E-state index contributed by atoms with van der Waals surface area (Å²) in [5.41, 5.74) is 6.67. The zero-order chi connectivity index (χ0) is 11.6. The third kappa shape index (κ3) is 4.47. The number of benzene rings is 1. The lowest BCUT2D eigenvalue weighted by Crippen LogP contribution is -2.15. The van der Waals surface area contributed by atoms with Crippen molar-refractivity contribution in [3.63, 3.8) is 0 Å². The third-order valence-corrected chi connectivity index (χ3v) is 3.42. The van der Waals surface area contributed by atoms with Crippen molar-refractivity contribution in [2.75, 3.05) is 5.43 Å². The number of hydrogen-bond acceptors (Lipinski definition) is 2. The largest absolute Gasteiger partial charge is 0.324 e. The second-order valence-corrected chi connectivity index (χ2v) is 6.30. The minimum Gasteiger partial charge on any atom is -0.324 e. The van der Waals surface area contributed by atoms with Crippen LogP contribution in [0.25, 0.3) is 0 Å². The molecule has 0 radical (unpaired) electrons. The van der Waals surface area contributed by atoms with Crippen LogP contribution < -0.4 is 11.3 Å². The van der Waals surface area contributed by atoms with Gasteiger partial charge in [0.25, 0.3) is 0 Å². The van der Waals surface area contributed by atoms with Crippen molar-refractivity contribution in [3.8, 4) is 0 Å². The molecule has 0 aliphatic carbocycles.